The topological polar surface area (TPSA) is 32.3 Å². The highest BCUT2D eigenvalue weighted by Crippen LogP contribution is 2.30. The van der Waals surface area contributed by atoms with Gasteiger partial charge in [0.25, 0.3) is 0 Å². The van der Waals surface area contributed by atoms with Crippen molar-refractivity contribution in [3.8, 4) is 0 Å². The Labute approximate surface area is 118 Å². The average Bonchev–Trinajstić information content (AvgIpc) is 2.39. The zero-order valence-electron chi connectivity index (χ0n) is 12.8. The van der Waals surface area contributed by atoms with E-state index in [1.807, 2.05) is 0 Å². The Morgan fingerprint density at radius 2 is 1.63 bits per heavy atom. The molecule has 1 saturated heterocycles. The normalized spacial score (nSPS) is 29.8. The van der Waals surface area contributed by atoms with Gasteiger partial charge in [0.15, 0.2) is 0 Å². The maximum Gasteiger partial charge on any atom is 0.225 e. The molecule has 3 heteroatoms. The van der Waals surface area contributed by atoms with Crippen LogP contribution in [0.15, 0.2) is 0 Å². The lowest BCUT2D eigenvalue weighted by molar-refractivity contribution is -0.138. The predicted octanol–water partition coefficient (Wildman–Crippen LogP) is 2.80. The molecule has 0 unspecified atom stereocenters. The summed E-state index contributed by atoms with van der Waals surface area (Å²) in [7, 11) is 0. The number of hydrogen-bond donors (Lipinski definition) is 1. The Morgan fingerprint density at radius 1 is 1.05 bits per heavy atom. The van der Waals surface area contributed by atoms with Crippen LogP contribution >= 0.6 is 0 Å². The van der Waals surface area contributed by atoms with Gasteiger partial charge in [-0.1, -0.05) is 20.8 Å². The molecule has 0 spiro atoms. The SMILES string of the molecule is CC1CCC(C(=O)N2CCC(NC(C)C)CC2)CC1. The molecule has 0 bridgehead atoms. The third kappa shape index (κ3) is 4.20. The highest BCUT2D eigenvalue weighted by Gasteiger charge is 2.30. The molecule has 2 fully saturated rings. The Hall–Kier alpha value is -0.570. The average molecular weight is 266 g/mol. The zero-order chi connectivity index (χ0) is 13.8. The van der Waals surface area contributed by atoms with Crippen LogP contribution in [0.2, 0.25) is 0 Å². The van der Waals surface area contributed by atoms with Gasteiger partial charge in [-0.05, 0) is 44.4 Å². The molecule has 2 aliphatic rings. The Kier molecular flexibility index (Phi) is 5.26. The molecule has 1 heterocycles. The zero-order valence-corrected chi connectivity index (χ0v) is 12.8. The molecule has 0 aromatic rings. The maximum absolute atomic E-state index is 12.5. The number of piperidine rings is 1. The summed E-state index contributed by atoms with van der Waals surface area (Å²) < 4.78 is 0. The largest absolute Gasteiger partial charge is 0.342 e. The summed E-state index contributed by atoms with van der Waals surface area (Å²) in [5, 5.41) is 3.59. The summed E-state index contributed by atoms with van der Waals surface area (Å²) in [5.74, 6) is 1.59. The Bertz CT molecular complexity index is 287. The van der Waals surface area contributed by atoms with Crippen LogP contribution in [-0.4, -0.2) is 36.0 Å². The van der Waals surface area contributed by atoms with E-state index in [1.165, 1.54) is 12.8 Å². The van der Waals surface area contributed by atoms with Crippen LogP contribution in [0.5, 0.6) is 0 Å². The summed E-state index contributed by atoms with van der Waals surface area (Å²) in [5.41, 5.74) is 0. The van der Waals surface area contributed by atoms with Crippen molar-refractivity contribution in [2.45, 2.75) is 71.4 Å². The molecule has 110 valence electrons. The van der Waals surface area contributed by atoms with Gasteiger partial charge in [-0.3, -0.25) is 4.79 Å². The molecule has 1 N–H and O–H groups in total. The van der Waals surface area contributed by atoms with Crippen LogP contribution in [-0.2, 0) is 4.79 Å². The fourth-order valence-corrected chi connectivity index (χ4v) is 3.50. The van der Waals surface area contributed by atoms with E-state index < -0.39 is 0 Å². The molecule has 1 amide bonds. The van der Waals surface area contributed by atoms with E-state index in [2.05, 4.69) is 31.0 Å². The number of carbonyl (C=O) groups is 1. The Balaban J connectivity index is 1.76. The summed E-state index contributed by atoms with van der Waals surface area (Å²) in [6.45, 7) is 8.61. The molecule has 0 aromatic carbocycles. The van der Waals surface area contributed by atoms with Crippen molar-refractivity contribution in [1.29, 1.82) is 0 Å². The summed E-state index contributed by atoms with van der Waals surface area (Å²) >= 11 is 0. The lowest BCUT2D eigenvalue weighted by atomic mass is 9.82. The monoisotopic (exact) mass is 266 g/mol. The molecular weight excluding hydrogens is 236 g/mol. The predicted molar refractivity (Wildman–Crippen MR) is 79.0 cm³/mol. The first-order valence-electron chi connectivity index (χ1n) is 8.11. The van der Waals surface area contributed by atoms with E-state index in [0.717, 1.165) is 44.7 Å². The van der Waals surface area contributed by atoms with Crippen LogP contribution in [0.25, 0.3) is 0 Å². The van der Waals surface area contributed by atoms with Crippen molar-refractivity contribution in [2.24, 2.45) is 11.8 Å². The number of carbonyl (C=O) groups excluding carboxylic acids is 1. The van der Waals surface area contributed by atoms with Gasteiger partial charge >= 0.3 is 0 Å². The first-order valence-corrected chi connectivity index (χ1v) is 8.11. The van der Waals surface area contributed by atoms with Crippen molar-refractivity contribution >= 4 is 5.91 Å². The van der Waals surface area contributed by atoms with E-state index >= 15 is 0 Å². The minimum absolute atomic E-state index is 0.325. The lowest BCUT2D eigenvalue weighted by Gasteiger charge is -2.36. The van der Waals surface area contributed by atoms with Crippen molar-refractivity contribution in [2.75, 3.05) is 13.1 Å². The molecule has 19 heavy (non-hydrogen) atoms. The van der Waals surface area contributed by atoms with Gasteiger partial charge in [0.1, 0.15) is 0 Å². The lowest BCUT2D eigenvalue weighted by Crippen LogP contribution is -2.48. The number of rotatable bonds is 3. The van der Waals surface area contributed by atoms with Gasteiger partial charge in [0.05, 0.1) is 0 Å². The van der Waals surface area contributed by atoms with Crippen molar-refractivity contribution in [3.63, 3.8) is 0 Å². The van der Waals surface area contributed by atoms with E-state index in [1.54, 1.807) is 0 Å². The first-order chi connectivity index (χ1) is 9.06. The number of amides is 1. The standard InChI is InChI=1S/C16H30N2O/c1-12(2)17-15-8-10-18(11-9-15)16(19)14-6-4-13(3)5-7-14/h12-15,17H,4-11H2,1-3H3. The van der Waals surface area contributed by atoms with E-state index in [0.29, 0.717) is 23.9 Å². The van der Waals surface area contributed by atoms with Crippen molar-refractivity contribution in [1.82, 2.24) is 10.2 Å². The van der Waals surface area contributed by atoms with Crippen LogP contribution in [0.3, 0.4) is 0 Å². The van der Waals surface area contributed by atoms with Gasteiger partial charge in [-0.2, -0.15) is 0 Å². The highest BCUT2D eigenvalue weighted by atomic mass is 16.2. The summed E-state index contributed by atoms with van der Waals surface area (Å²) in [6, 6.07) is 1.16. The molecule has 1 saturated carbocycles. The summed E-state index contributed by atoms with van der Waals surface area (Å²) in [6.07, 6.45) is 6.94. The van der Waals surface area contributed by atoms with Crippen molar-refractivity contribution < 1.29 is 4.79 Å². The van der Waals surface area contributed by atoms with Crippen molar-refractivity contribution in [3.05, 3.63) is 0 Å². The molecule has 2 rings (SSSR count). The molecule has 0 atom stereocenters. The van der Waals surface area contributed by atoms with Gasteiger partial charge in [0.2, 0.25) is 5.91 Å². The molecule has 1 aliphatic heterocycles. The number of likely N-dealkylation sites (tertiary alicyclic amines) is 1. The van der Waals surface area contributed by atoms with Crippen LogP contribution in [0.1, 0.15) is 59.3 Å². The van der Waals surface area contributed by atoms with E-state index in [4.69, 9.17) is 0 Å². The number of nitrogens with one attached hydrogen (secondary N) is 1. The third-order valence-electron chi connectivity index (χ3n) is 4.74. The molecule has 3 nitrogen and oxygen atoms in total. The van der Waals surface area contributed by atoms with E-state index in [-0.39, 0.29) is 0 Å². The van der Waals surface area contributed by atoms with Crippen LogP contribution in [0.4, 0.5) is 0 Å². The second-order valence-corrected chi connectivity index (χ2v) is 6.88. The van der Waals surface area contributed by atoms with Gasteiger partial charge in [-0.25, -0.2) is 0 Å². The van der Waals surface area contributed by atoms with Gasteiger partial charge in [0, 0.05) is 31.1 Å². The number of hydrogen-bond acceptors (Lipinski definition) is 2. The minimum Gasteiger partial charge on any atom is -0.342 e. The first kappa shape index (κ1) is 14.8. The van der Waals surface area contributed by atoms with Crippen LogP contribution < -0.4 is 5.32 Å². The highest BCUT2D eigenvalue weighted by molar-refractivity contribution is 5.79. The molecule has 0 radical (unpaired) electrons. The summed E-state index contributed by atoms with van der Waals surface area (Å²) in [4.78, 5) is 14.6. The molecular formula is C16H30N2O. The van der Waals surface area contributed by atoms with E-state index in [9.17, 15) is 4.79 Å². The maximum atomic E-state index is 12.5. The van der Waals surface area contributed by atoms with Gasteiger partial charge < -0.3 is 10.2 Å². The fourth-order valence-electron chi connectivity index (χ4n) is 3.50. The Morgan fingerprint density at radius 3 is 2.16 bits per heavy atom. The smallest absolute Gasteiger partial charge is 0.225 e. The van der Waals surface area contributed by atoms with Crippen LogP contribution in [0, 0.1) is 11.8 Å². The second-order valence-electron chi connectivity index (χ2n) is 6.88. The molecule has 1 aliphatic carbocycles. The molecule has 0 aromatic heterocycles. The fraction of sp³-hybridized carbons (Fsp3) is 0.938. The quantitative estimate of drug-likeness (QED) is 0.852. The number of nitrogens with zero attached hydrogens (tertiary/aromatic N) is 1. The third-order valence-corrected chi connectivity index (χ3v) is 4.74. The second kappa shape index (κ2) is 6.74. The minimum atomic E-state index is 0.325. The van der Waals surface area contributed by atoms with Gasteiger partial charge in [-0.15, -0.1) is 0 Å².